The van der Waals surface area contributed by atoms with Gasteiger partial charge in [-0.2, -0.15) is 5.10 Å². The second-order valence-corrected chi connectivity index (χ2v) is 1.69. The van der Waals surface area contributed by atoms with Crippen LogP contribution in [0.25, 0.3) is 0 Å². The van der Waals surface area contributed by atoms with Crippen molar-refractivity contribution in [3.8, 4) is 5.88 Å². The number of aromatic nitrogens is 2. The van der Waals surface area contributed by atoms with Crippen molar-refractivity contribution in [2.75, 3.05) is 7.11 Å². The molecule has 0 unspecified atom stereocenters. The van der Waals surface area contributed by atoms with Crippen LogP contribution >= 0.6 is 0 Å². The fourth-order valence-electron chi connectivity index (χ4n) is 0.731. The monoisotopic (exact) mass is 126 g/mol. The second kappa shape index (κ2) is 2.53. The third-order valence-electron chi connectivity index (χ3n) is 1.19. The molecule has 0 fully saturated rings. The zero-order valence-electron chi connectivity index (χ0n) is 5.66. The SMILES string of the molecule is CCn1nccc1OC. The molecule has 1 rings (SSSR count). The maximum Gasteiger partial charge on any atom is 0.211 e. The highest BCUT2D eigenvalue weighted by atomic mass is 16.5. The molecule has 0 radical (unpaired) electrons. The summed E-state index contributed by atoms with van der Waals surface area (Å²) in [5.74, 6) is 0.817. The van der Waals surface area contributed by atoms with E-state index in [1.54, 1.807) is 18.0 Å². The lowest BCUT2D eigenvalue weighted by Gasteiger charge is -1.99. The summed E-state index contributed by atoms with van der Waals surface area (Å²) >= 11 is 0. The highest BCUT2D eigenvalue weighted by Gasteiger charge is 1.95. The van der Waals surface area contributed by atoms with E-state index in [0.29, 0.717) is 0 Å². The highest BCUT2D eigenvalue weighted by molar-refractivity contribution is 5.06. The molecule has 3 nitrogen and oxygen atoms in total. The molecule has 0 spiro atoms. The van der Waals surface area contributed by atoms with Gasteiger partial charge in [-0.05, 0) is 6.92 Å². The average Bonchev–Trinajstić information content (AvgIpc) is 2.33. The molecule has 9 heavy (non-hydrogen) atoms. The number of hydrogen-bond acceptors (Lipinski definition) is 2. The normalized spacial score (nSPS) is 9.56. The maximum atomic E-state index is 4.98. The van der Waals surface area contributed by atoms with E-state index in [1.165, 1.54) is 0 Å². The van der Waals surface area contributed by atoms with E-state index in [9.17, 15) is 0 Å². The number of rotatable bonds is 2. The summed E-state index contributed by atoms with van der Waals surface area (Å²) in [6, 6.07) is 1.84. The lowest BCUT2D eigenvalue weighted by atomic mass is 10.6. The van der Waals surface area contributed by atoms with E-state index in [-0.39, 0.29) is 0 Å². The first-order valence-corrected chi connectivity index (χ1v) is 2.94. The molecular weight excluding hydrogens is 116 g/mol. The Balaban J connectivity index is 2.85. The molecule has 0 aliphatic rings. The molecule has 1 heterocycles. The van der Waals surface area contributed by atoms with Crippen molar-refractivity contribution in [2.45, 2.75) is 13.5 Å². The Bertz CT molecular complexity index is 164. The minimum Gasteiger partial charge on any atom is -0.481 e. The Morgan fingerprint density at radius 3 is 3.00 bits per heavy atom. The molecule has 0 atom stereocenters. The lowest BCUT2D eigenvalue weighted by molar-refractivity contribution is 0.364. The van der Waals surface area contributed by atoms with Crippen LogP contribution in [0.2, 0.25) is 0 Å². The summed E-state index contributed by atoms with van der Waals surface area (Å²) < 4.78 is 6.77. The van der Waals surface area contributed by atoms with Crippen LogP contribution in [-0.2, 0) is 6.54 Å². The smallest absolute Gasteiger partial charge is 0.211 e. The van der Waals surface area contributed by atoms with Crippen LogP contribution in [0.3, 0.4) is 0 Å². The van der Waals surface area contributed by atoms with E-state index in [0.717, 1.165) is 12.4 Å². The zero-order valence-corrected chi connectivity index (χ0v) is 5.66. The topological polar surface area (TPSA) is 27.1 Å². The fourth-order valence-corrected chi connectivity index (χ4v) is 0.731. The molecule has 1 aromatic rings. The van der Waals surface area contributed by atoms with Crippen molar-refractivity contribution >= 4 is 0 Å². The van der Waals surface area contributed by atoms with Crippen molar-refractivity contribution < 1.29 is 4.74 Å². The van der Waals surface area contributed by atoms with Crippen molar-refractivity contribution in [1.82, 2.24) is 9.78 Å². The summed E-state index contributed by atoms with van der Waals surface area (Å²) in [5.41, 5.74) is 0. The largest absolute Gasteiger partial charge is 0.481 e. The van der Waals surface area contributed by atoms with Crippen molar-refractivity contribution in [3.05, 3.63) is 12.3 Å². The third-order valence-corrected chi connectivity index (χ3v) is 1.19. The van der Waals surface area contributed by atoms with Crippen LogP contribution < -0.4 is 4.74 Å². The summed E-state index contributed by atoms with van der Waals surface area (Å²) in [6.07, 6.45) is 1.72. The standard InChI is InChI=1S/C6H10N2O/c1-3-8-6(9-2)4-5-7-8/h4-5H,3H2,1-2H3. The van der Waals surface area contributed by atoms with E-state index in [1.807, 2.05) is 13.0 Å². The van der Waals surface area contributed by atoms with Crippen LogP contribution in [0.15, 0.2) is 12.3 Å². The predicted molar refractivity (Wildman–Crippen MR) is 34.5 cm³/mol. The molecule has 3 heteroatoms. The van der Waals surface area contributed by atoms with Gasteiger partial charge in [-0.3, -0.25) is 0 Å². The summed E-state index contributed by atoms with van der Waals surface area (Å²) in [6.45, 7) is 2.88. The lowest BCUT2D eigenvalue weighted by Crippen LogP contribution is -1.98. The van der Waals surface area contributed by atoms with Gasteiger partial charge in [0.25, 0.3) is 0 Å². The van der Waals surface area contributed by atoms with Crippen LogP contribution in [0, 0.1) is 0 Å². The Labute approximate surface area is 54.2 Å². The summed E-state index contributed by atoms with van der Waals surface area (Å²) in [4.78, 5) is 0. The average molecular weight is 126 g/mol. The Kier molecular flexibility index (Phi) is 1.72. The fraction of sp³-hybridized carbons (Fsp3) is 0.500. The van der Waals surface area contributed by atoms with E-state index in [2.05, 4.69) is 5.10 Å². The highest BCUT2D eigenvalue weighted by Crippen LogP contribution is 2.06. The molecule has 0 amide bonds. The maximum absolute atomic E-state index is 4.98. The molecule has 0 aliphatic heterocycles. The van der Waals surface area contributed by atoms with Gasteiger partial charge in [-0.1, -0.05) is 0 Å². The quantitative estimate of drug-likeness (QED) is 0.589. The predicted octanol–water partition coefficient (Wildman–Crippen LogP) is 0.912. The summed E-state index contributed by atoms with van der Waals surface area (Å²) in [5, 5.41) is 4.00. The minimum absolute atomic E-state index is 0.817. The van der Waals surface area contributed by atoms with Crippen molar-refractivity contribution in [3.63, 3.8) is 0 Å². The third kappa shape index (κ3) is 1.04. The minimum atomic E-state index is 0.817. The first-order valence-electron chi connectivity index (χ1n) is 2.94. The van der Waals surface area contributed by atoms with Crippen LogP contribution in [-0.4, -0.2) is 16.9 Å². The number of methoxy groups -OCH3 is 1. The van der Waals surface area contributed by atoms with Gasteiger partial charge >= 0.3 is 0 Å². The van der Waals surface area contributed by atoms with Crippen molar-refractivity contribution in [1.29, 1.82) is 0 Å². The Morgan fingerprint density at radius 1 is 1.78 bits per heavy atom. The van der Waals surface area contributed by atoms with Gasteiger partial charge in [0.05, 0.1) is 13.3 Å². The molecular formula is C6H10N2O. The molecule has 0 saturated heterocycles. The second-order valence-electron chi connectivity index (χ2n) is 1.69. The van der Waals surface area contributed by atoms with Gasteiger partial charge in [-0.25, -0.2) is 4.68 Å². The molecule has 50 valence electrons. The van der Waals surface area contributed by atoms with Gasteiger partial charge in [0, 0.05) is 12.6 Å². The number of ether oxygens (including phenoxy) is 1. The molecule has 0 saturated carbocycles. The van der Waals surface area contributed by atoms with Crippen LogP contribution in [0.1, 0.15) is 6.92 Å². The molecule has 1 aromatic heterocycles. The molecule has 0 bridgehead atoms. The number of hydrogen-bond donors (Lipinski definition) is 0. The zero-order chi connectivity index (χ0) is 6.69. The van der Waals surface area contributed by atoms with Gasteiger partial charge in [0.2, 0.25) is 5.88 Å². The van der Waals surface area contributed by atoms with E-state index < -0.39 is 0 Å². The van der Waals surface area contributed by atoms with Crippen molar-refractivity contribution in [2.24, 2.45) is 0 Å². The van der Waals surface area contributed by atoms with Gasteiger partial charge in [0.15, 0.2) is 0 Å². The van der Waals surface area contributed by atoms with Crippen LogP contribution in [0.4, 0.5) is 0 Å². The van der Waals surface area contributed by atoms with Gasteiger partial charge in [-0.15, -0.1) is 0 Å². The Morgan fingerprint density at radius 2 is 2.56 bits per heavy atom. The first kappa shape index (κ1) is 6.13. The first-order chi connectivity index (χ1) is 4.38. The molecule has 0 aromatic carbocycles. The van der Waals surface area contributed by atoms with Gasteiger partial charge < -0.3 is 4.74 Å². The van der Waals surface area contributed by atoms with E-state index in [4.69, 9.17) is 4.74 Å². The summed E-state index contributed by atoms with van der Waals surface area (Å²) in [7, 11) is 1.64. The van der Waals surface area contributed by atoms with Gasteiger partial charge in [0.1, 0.15) is 0 Å². The molecule has 0 aliphatic carbocycles. The van der Waals surface area contributed by atoms with Crippen LogP contribution in [0.5, 0.6) is 5.88 Å². The molecule has 0 N–H and O–H groups in total. The van der Waals surface area contributed by atoms with E-state index >= 15 is 0 Å². The number of aryl methyl sites for hydroxylation is 1. The number of nitrogens with zero attached hydrogens (tertiary/aromatic N) is 2. The Hall–Kier alpha value is -0.990.